The van der Waals surface area contributed by atoms with Gasteiger partial charge in [0.05, 0.1) is 26.4 Å². The van der Waals surface area contributed by atoms with Crippen LogP contribution in [0.1, 0.15) is 12.8 Å². The first-order chi connectivity index (χ1) is 9.15. The number of quaternary nitrogens is 1. The molecule has 5 unspecified atom stereocenters. The van der Waals surface area contributed by atoms with E-state index in [0.29, 0.717) is 19.6 Å². The standard InChI is InChI=1S/C12H22N2O5/c1-17-8-11-10(15)3-4-12(19-11)13-6-5-9(7-13)14(16)18-2/h5-6,9-12,15-16H,3-4,7-8H2,1-2H3/p+1. The summed E-state index contributed by atoms with van der Waals surface area (Å²) in [4.78, 5) is 6.86. The number of aliphatic hydroxyl groups is 1. The molecule has 2 aliphatic rings. The van der Waals surface area contributed by atoms with Crippen molar-refractivity contribution in [2.45, 2.75) is 37.3 Å². The third-order valence-corrected chi connectivity index (χ3v) is 3.61. The van der Waals surface area contributed by atoms with Crippen molar-refractivity contribution in [3.05, 3.63) is 12.3 Å². The number of hydrogen-bond donors (Lipinski definition) is 3. The smallest absolute Gasteiger partial charge is 0.187 e. The molecular formula is C12H23N2O5+. The molecule has 7 nitrogen and oxygen atoms in total. The molecule has 0 aliphatic carbocycles. The Bertz CT molecular complexity index is 314. The monoisotopic (exact) mass is 275 g/mol. The first-order valence-electron chi connectivity index (χ1n) is 6.52. The molecule has 3 N–H and O–H groups in total. The Labute approximate surface area is 112 Å². The first kappa shape index (κ1) is 14.7. The lowest BCUT2D eigenvalue weighted by molar-refractivity contribution is -1.25. The summed E-state index contributed by atoms with van der Waals surface area (Å²) >= 11 is 0. The van der Waals surface area contributed by atoms with E-state index in [-0.39, 0.29) is 23.6 Å². The highest BCUT2D eigenvalue weighted by atomic mass is 16.9. The number of rotatable bonds is 5. The number of aliphatic hydroxyl groups excluding tert-OH is 1. The van der Waals surface area contributed by atoms with Crippen molar-refractivity contribution in [1.29, 1.82) is 0 Å². The molecule has 0 bridgehead atoms. The maximum atomic E-state index is 9.83. The molecule has 2 heterocycles. The average Bonchev–Trinajstić information content (AvgIpc) is 2.90. The van der Waals surface area contributed by atoms with E-state index in [1.54, 1.807) is 7.11 Å². The topological polar surface area (TPSA) is 75.8 Å². The summed E-state index contributed by atoms with van der Waals surface area (Å²) < 4.78 is 10.9. The summed E-state index contributed by atoms with van der Waals surface area (Å²) in [7, 11) is 3.05. The summed E-state index contributed by atoms with van der Waals surface area (Å²) in [6.45, 7) is 1.01. The minimum Gasteiger partial charge on any atom is -0.390 e. The van der Waals surface area contributed by atoms with Crippen molar-refractivity contribution < 1.29 is 29.9 Å². The van der Waals surface area contributed by atoms with Crippen molar-refractivity contribution in [2.24, 2.45) is 0 Å². The summed E-state index contributed by atoms with van der Waals surface area (Å²) in [5, 5.41) is 19.4. The molecule has 7 heteroatoms. The van der Waals surface area contributed by atoms with Crippen LogP contribution >= 0.6 is 0 Å². The Morgan fingerprint density at radius 1 is 1.42 bits per heavy atom. The van der Waals surface area contributed by atoms with Crippen LogP contribution in [0, 0.1) is 0 Å². The van der Waals surface area contributed by atoms with Gasteiger partial charge in [0, 0.05) is 13.3 Å². The first-order valence-corrected chi connectivity index (χ1v) is 6.52. The van der Waals surface area contributed by atoms with Crippen molar-refractivity contribution >= 4 is 0 Å². The van der Waals surface area contributed by atoms with Gasteiger partial charge < -0.3 is 19.5 Å². The van der Waals surface area contributed by atoms with Crippen LogP contribution in [0.3, 0.4) is 0 Å². The van der Waals surface area contributed by atoms with Crippen LogP contribution < -0.4 is 5.23 Å². The third-order valence-electron chi connectivity index (χ3n) is 3.61. The molecule has 19 heavy (non-hydrogen) atoms. The Balaban J connectivity index is 1.88. The minimum absolute atomic E-state index is 0.0167. The van der Waals surface area contributed by atoms with E-state index in [2.05, 4.69) is 0 Å². The van der Waals surface area contributed by atoms with Crippen molar-refractivity contribution in [2.75, 3.05) is 27.4 Å². The third kappa shape index (κ3) is 3.44. The van der Waals surface area contributed by atoms with Gasteiger partial charge in [0.15, 0.2) is 6.04 Å². The van der Waals surface area contributed by atoms with Crippen LogP contribution in [0.5, 0.6) is 0 Å². The normalized spacial score (nSPS) is 36.7. The molecule has 1 saturated heterocycles. The lowest BCUT2D eigenvalue weighted by atomic mass is 10.0. The lowest BCUT2D eigenvalue weighted by Gasteiger charge is -2.38. The van der Waals surface area contributed by atoms with E-state index < -0.39 is 6.10 Å². The van der Waals surface area contributed by atoms with Crippen LogP contribution in [0.4, 0.5) is 0 Å². The Morgan fingerprint density at radius 3 is 2.89 bits per heavy atom. The van der Waals surface area contributed by atoms with Gasteiger partial charge in [0.1, 0.15) is 12.3 Å². The van der Waals surface area contributed by atoms with E-state index in [9.17, 15) is 10.3 Å². The van der Waals surface area contributed by atoms with Gasteiger partial charge in [0.25, 0.3) is 0 Å². The lowest BCUT2D eigenvalue weighted by Crippen LogP contribution is -3.12. The number of hydroxylamine groups is 2. The molecule has 0 spiro atoms. The highest BCUT2D eigenvalue weighted by Crippen LogP contribution is 2.24. The number of ether oxygens (including phenoxy) is 2. The zero-order valence-electron chi connectivity index (χ0n) is 11.4. The molecule has 0 aromatic heterocycles. The highest BCUT2D eigenvalue weighted by molar-refractivity contribution is 5.00. The largest absolute Gasteiger partial charge is 0.390 e. The maximum absolute atomic E-state index is 9.83. The van der Waals surface area contributed by atoms with Gasteiger partial charge in [0.2, 0.25) is 0 Å². The van der Waals surface area contributed by atoms with Crippen LogP contribution in [-0.4, -0.2) is 67.1 Å². The molecular weight excluding hydrogens is 252 g/mol. The fourth-order valence-electron chi connectivity index (χ4n) is 2.51. The predicted molar refractivity (Wildman–Crippen MR) is 65.2 cm³/mol. The summed E-state index contributed by atoms with van der Waals surface area (Å²) in [5.74, 6) is 0. The SMILES string of the molecule is COCC1OC(N2C=CC([NH+](O)OC)C2)CCC1O. The van der Waals surface area contributed by atoms with Crippen molar-refractivity contribution in [3.63, 3.8) is 0 Å². The molecule has 1 fully saturated rings. The van der Waals surface area contributed by atoms with E-state index >= 15 is 0 Å². The van der Waals surface area contributed by atoms with Gasteiger partial charge in [-0.2, -0.15) is 10.0 Å². The van der Waals surface area contributed by atoms with Crippen LogP contribution in [0.15, 0.2) is 12.3 Å². The summed E-state index contributed by atoms with van der Waals surface area (Å²) in [6, 6.07) is -0.124. The van der Waals surface area contributed by atoms with Crippen LogP contribution in [0.25, 0.3) is 0 Å². The Hall–Kier alpha value is -0.700. The quantitative estimate of drug-likeness (QED) is 0.532. The highest BCUT2D eigenvalue weighted by Gasteiger charge is 2.36. The van der Waals surface area contributed by atoms with Crippen LogP contribution in [0.2, 0.25) is 0 Å². The number of nitrogens with zero attached hydrogens (tertiary/aromatic N) is 1. The fraction of sp³-hybridized carbons (Fsp3) is 0.833. The zero-order valence-corrected chi connectivity index (χ0v) is 11.4. The van der Waals surface area contributed by atoms with E-state index in [1.807, 2.05) is 17.2 Å². The molecule has 2 rings (SSSR count). The van der Waals surface area contributed by atoms with E-state index in [4.69, 9.17) is 14.3 Å². The molecule has 5 atom stereocenters. The second-order valence-electron chi connectivity index (χ2n) is 4.92. The van der Waals surface area contributed by atoms with Crippen molar-refractivity contribution in [1.82, 2.24) is 4.90 Å². The molecule has 0 aromatic carbocycles. The Morgan fingerprint density at radius 2 is 2.21 bits per heavy atom. The zero-order chi connectivity index (χ0) is 13.8. The van der Waals surface area contributed by atoms with Gasteiger partial charge in [-0.15, -0.1) is 0 Å². The molecule has 2 aliphatic heterocycles. The second-order valence-corrected chi connectivity index (χ2v) is 4.92. The number of hydrogen-bond acceptors (Lipinski definition) is 6. The number of methoxy groups -OCH3 is 1. The average molecular weight is 275 g/mol. The van der Waals surface area contributed by atoms with Gasteiger partial charge in [-0.1, -0.05) is 0 Å². The van der Waals surface area contributed by atoms with Crippen molar-refractivity contribution in [3.8, 4) is 0 Å². The minimum atomic E-state index is -0.475. The fourth-order valence-corrected chi connectivity index (χ4v) is 2.51. The molecule has 0 amide bonds. The molecule has 110 valence electrons. The second kappa shape index (κ2) is 6.65. The van der Waals surface area contributed by atoms with E-state index in [1.165, 1.54) is 7.11 Å². The maximum Gasteiger partial charge on any atom is 0.187 e. The van der Waals surface area contributed by atoms with Crippen LogP contribution in [-0.2, 0) is 14.3 Å². The Kier molecular flexibility index (Phi) is 5.14. The van der Waals surface area contributed by atoms with Gasteiger partial charge in [-0.3, -0.25) is 0 Å². The predicted octanol–water partition coefficient (Wildman–Crippen LogP) is -1.47. The summed E-state index contributed by atoms with van der Waals surface area (Å²) in [5.41, 5.74) is 0. The van der Waals surface area contributed by atoms with Gasteiger partial charge in [-0.25, -0.2) is 0 Å². The number of nitrogens with one attached hydrogen (secondary N) is 1. The molecule has 0 aromatic rings. The van der Waals surface area contributed by atoms with Gasteiger partial charge >= 0.3 is 0 Å². The molecule has 0 saturated carbocycles. The van der Waals surface area contributed by atoms with E-state index in [0.717, 1.165) is 6.42 Å². The van der Waals surface area contributed by atoms with Gasteiger partial charge in [-0.05, 0) is 24.1 Å². The summed E-state index contributed by atoms with van der Waals surface area (Å²) in [6.07, 6.45) is 4.38. The molecule has 0 radical (unpaired) electrons.